The quantitative estimate of drug-likeness (QED) is 0.897. The molecule has 2 aliphatic heterocycles. The first kappa shape index (κ1) is 15.8. The molecule has 1 N–H and O–H groups in total. The van der Waals surface area contributed by atoms with Gasteiger partial charge in [0.05, 0.1) is 18.7 Å². The second-order valence-electron chi connectivity index (χ2n) is 6.97. The summed E-state index contributed by atoms with van der Waals surface area (Å²) in [4.78, 5) is 2.37. The zero-order chi connectivity index (χ0) is 16.4. The number of aryl methyl sites for hydroxylation is 1. The highest BCUT2D eigenvalue weighted by atomic mass is 16.3. The van der Waals surface area contributed by atoms with Crippen molar-refractivity contribution in [3.05, 3.63) is 30.1 Å². The smallest absolute Gasteiger partial charge is 0.150 e. The summed E-state index contributed by atoms with van der Waals surface area (Å²) < 4.78 is 4.13. The molecular formula is C17H26N6O. The normalized spacial score (nSPS) is 23.1. The molecule has 0 aliphatic carbocycles. The van der Waals surface area contributed by atoms with Crippen molar-refractivity contribution in [2.24, 2.45) is 0 Å². The summed E-state index contributed by atoms with van der Waals surface area (Å²) in [5.41, 5.74) is 0. The van der Waals surface area contributed by atoms with E-state index in [0.29, 0.717) is 13.1 Å². The number of aromatic nitrogens is 5. The summed E-state index contributed by atoms with van der Waals surface area (Å²) in [5, 5.41) is 23.6. The summed E-state index contributed by atoms with van der Waals surface area (Å²) in [7, 11) is 0. The molecule has 0 saturated carbocycles. The van der Waals surface area contributed by atoms with Crippen LogP contribution in [0.3, 0.4) is 0 Å². The van der Waals surface area contributed by atoms with E-state index in [1.54, 1.807) is 10.9 Å². The first-order chi connectivity index (χ1) is 11.8. The Hall–Kier alpha value is -1.73. The number of β-amino-alcohol motifs (C(OH)–C–C–N with tert-alkyl or cyclic N) is 1. The second-order valence-corrected chi connectivity index (χ2v) is 6.97. The topological polar surface area (TPSA) is 72.0 Å². The van der Waals surface area contributed by atoms with E-state index in [2.05, 4.69) is 24.8 Å². The predicted molar refractivity (Wildman–Crippen MR) is 89.4 cm³/mol. The van der Waals surface area contributed by atoms with E-state index in [-0.39, 0.29) is 6.04 Å². The van der Waals surface area contributed by atoms with E-state index >= 15 is 0 Å². The van der Waals surface area contributed by atoms with Crippen molar-refractivity contribution in [3.63, 3.8) is 0 Å². The minimum Gasteiger partial charge on any atom is -0.390 e. The maximum atomic E-state index is 10.4. The Labute approximate surface area is 142 Å². The second kappa shape index (κ2) is 7.03. The van der Waals surface area contributed by atoms with Crippen LogP contribution in [0.5, 0.6) is 0 Å². The molecule has 2 aromatic rings. The molecule has 1 saturated heterocycles. The van der Waals surface area contributed by atoms with E-state index in [9.17, 15) is 5.11 Å². The van der Waals surface area contributed by atoms with Gasteiger partial charge in [0.15, 0.2) is 0 Å². The third kappa shape index (κ3) is 3.23. The molecule has 4 heterocycles. The molecule has 24 heavy (non-hydrogen) atoms. The SMILES string of the molecule is O[C@@H](CN1CCC[C@@H]1c1nnc2n1CCCCC2)Cn1cccn1. The molecule has 1 fully saturated rings. The summed E-state index contributed by atoms with van der Waals surface area (Å²) >= 11 is 0. The number of rotatable bonds is 5. The lowest BCUT2D eigenvalue weighted by Crippen LogP contribution is -2.35. The fraction of sp³-hybridized carbons (Fsp3) is 0.706. The van der Waals surface area contributed by atoms with Gasteiger partial charge >= 0.3 is 0 Å². The third-order valence-electron chi connectivity index (χ3n) is 5.20. The van der Waals surface area contributed by atoms with Crippen LogP contribution in [-0.4, -0.2) is 53.7 Å². The van der Waals surface area contributed by atoms with E-state index in [0.717, 1.165) is 44.0 Å². The van der Waals surface area contributed by atoms with E-state index < -0.39 is 6.10 Å². The number of hydrogen-bond donors (Lipinski definition) is 1. The first-order valence-corrected chi connectivity index (χ1v) is 9.13. The average molecular weight is 330 g/mol. The predicted octanol–water partition coefficient (Wildman–Crippen LogP) is 1.40. The van der Waals surface area contributed by atoms with Crippen LogP contribution < -0.4 is 0 Å². The van der Waals surface area contributed by atoms with Crippen molar-refractivity contribution < 1.29 is 5.11 Å². The molecule has 0 radical (unpaired) electrons. The van der Waals surface area contributed by atoms with Gasteiger partial charge in [0.1, 0.15) is 11.6 Å². The summed E-state index contributed by atoms with van der Waals surface area (Å²) in [6, 6.07) is 2.17. The lowest BCUT2D eigenvalue weighted by atomic mass is 10.2. The van der Waals surface area contributed by atoms with Crippen molar-refractivity contribution in [1.82, 2.24) is 29.4 Å². The van der Waals surface area contributed by atoms with Crippen LogP contribution >= 0.6 is 0 Å². The fourth-order valence-corrected chi connectivity index (χ4v) is 4.04. The number of nitrogens with zero attached hydrogens (tertiary/aromatic N) is 6. The van der Waals surface area contributed by atoms with Gasteiger partial charge in [-0.2, -0.15) is 5.10 Å². The van der Waals surface area contributed by atoms with E-state index in [4.69, 9.17) is 0 Å². The number of likely N-dealkylation sites (tertiary alicyclic amines) is 1. The van der Waals surface area contributed by atoms with Gasteiger partial charge in [0, 0.05) is 31.9 Å². The van der Waals surface area contributed by atoms with Crippen LogP contribution in [0.2, 0.25) is 0 Å². The lowest BCUT2D eigenvalue weighted by Gasteiger charge is -2.26. The molecule has 7 nitrogen and oxygen atoms in total. The van der Waals surface area contributed by atoms with Crippen molar-refractivity contribution in [3.8, 4) is 0 Å². The number of fused-ring (bicyclic) bond motifs is 1. The fourth-order valence-electron chi connectivity index (χ4n) is 4.04. The zero-order valence-electron chi connectivity index (χ0n) is 14.1. The molecule has 2 aliphatic rings. The van der Waals surface area contributed by atoms with Crippen LogP contribution in [-0.2, 0) is 19.5 Å². The lowest BCUT2D eigenvalue weighted by molar-refractivity contribution is 0.0866. The standard InChI is InChI=1S/C17H26N6O/c24-14(13-22-10-5-8-18-22)12-21-9-4-6-15(21)17-20-19-16-7-2-1-3-11-23(16)17/h5,8,10,14-15,24H,1-4,6-7,9,11-13H2/t14-,15+/m0/s1. The van der Waals surface area contributed by atoms with Gasteiger partial charge in [-0.3, -0.25) is 9.58 Å². The Morgan fingerprint density at radius 2 is 2.08 bits per heavy atom. The molecule has 0 unspecified atom stereocenters. The molecular weight excluding hydrogens is 304 g/mol. The van der Waals surface area contributed by atoms with Crippen LogP contribution in [0.25, 0.3) is 0 Å². The zero-order valence-corrected chi connectivity index (χ0v) is 14.1. The molecule has 130 valence electrons. The van der Waals surface area contributed by atoms with Crippen molar-refractivity contribution >= 4 is 0 Å². The Morgan fingerprint density at radius 1 is 1.12 bits per heavy atom. The Morgan fingerprint density at radius 3 is 2.96 bits per heavy atom. The van der Waals surface area contributed by atoms with Gasteiger partial charge in [-0.25, -0.2) is 0 Å². The van der Waals surface area contributed by atoms with Gasteiger partial charge < -0.3 is 9.67 Å². The highest BCUT2D eigenvalue weighted by Crippen LogP contribution is 2.32. The largest absolute Gasteiger partial charge is 0.390 e. The van der Waals surface area contributed by atoms with E-state index in [1.807, 2.05) is 12.3 Å². The van der Waals surface area contributed by atoms with Crippen molar-refractivity contribution in [2.45, 2.75) is 63.8 Å². The van der Waals surface area contributed by atoms with Gasteiger partial charge in [-0.1, -0.05) is 6.42 Å². The Balaban J connectivity index is 1.46. The number of aliphatic hydroxyl groups excluding tert-OH is 1. The van der Waals surface area contributed by atoms with Gasteiger partial charge in [-0.15, -0.1) is 10.2 Å². The number of hydrogen-bond acceptors (Lipinski definition) is 5. The molecule has 7 heteroatoms. The summed E-state index contributed by atoms with van der Waals surface area (Å²) in [6.45, 7) is 3.25. The average Bonchev–Trinajstić information content (AvgIpc) is 3.27. The van der Waals surface area contributed by atoms with Gasteiger partial charge in [-0.05, 0) is 38.3 Å². The van der Waals surface area contributed by atoms with Gasteiger partial charge in [0.2, 0.25) is 0 Å². The highest BCUT2D eigenvalue weighted by Gasteiger charge is 2.32. The molecule has 0 amide bonds. The maximum absolute atomic E-state index is 10.4. The third-order valence-corrected chi connectivity index (χ3v) is 5.20. The molecule has 2 aromatic heterocycles. The Kier molecular flexibility index (Phi) is 4.62. The monoisotopic (exact) mass is 330 g/mol. The van der Waals surface area contributed by atoms with Crippen molar-refractivity contribution in [2.75, 3.05) is 13.1 Å². The summed E-state index contributed by atoms with van der Waals surface area (Å²) in [5.74, 6) is 2.25. The van der Waals surface area contributed by atoms with Crippen LogP contribution in [0.4, 0.5) is 0 Å². The molecule has 0 spiro atoms. The van der Waals surface area contributed by atoms with Crippen molar-refractivity contribution in [1.29, 1.82) is 0 Å². The van der Waals surface area contributed by atoms with E-state index in [1.165, 1.54) is 19.3 Å². The van der Waals surface area contributed by atoms with Crippen LogP contribution in [0.1, 0.15) is 49.8 Å². The minimum absolute atomic E-state index is 0.289. The van der Waals surface area contributed by atoms with Gasteiger partial charge in [0.25, 0.3) is 0 Å². The summed E-state index contributed by atoms with van der Waals surface area (Å²) in [6.07, 6.45) is 10.2. The molecule has 0 bridgehead atoms. The number of aliphatic hydroxyl groups is 1. The molecule has 0 aromatic carbocycles. The highest BCUT2D eigenvalue weighted by molar-refractivity contribution is 5.05. The first-order valence-electron chi connectivity index (χ1n) is 9.13. The maximum Gasteiger partial charge on any atom is 0.150 e. The Bertz CT molecular complexity index is 652. The minimum atomic E-state index is -0.419. The van der Waals surface area contributed by atoms with Crippen LogP contribution in [0.15, 0.2) is 18.5 Å². The molecule has 2 atom stereocenters. The van der Waals surface area contributed by atoms with Crippen LogP contribution in [0, 0.1) is 0 Å². The molecule has 4 rings (SSSR count).